The zero-order chi connectivity index (χ0) is 21.9. The standard InChI is InChI=1S/C13H17.C11H8O2.2CH3O.Ti/c1-3-7-12-10(5-1)9-11-6-2-4-8-13(11)12;12-11(13)10-7-3-5-8-4-1-2-6-9(8)10;2*1-2;/h5H,1-4,6-9H2;1-7H,(H,12,13);2*1H3;/q-1;;2*-1;+3. The van der Waals surface area contributed by atoms with Gasteiger partial charge in [-0.2, -0.15) is 19.8 Å². The summed E-state index contributed by atoms with van der Waals surface area (Å²) in [5, 5.41) is 27.1. The number of aromatic carboxylic acids is 1. The molecule has 2 aromatic rings. The first-order chi connectivity index (χ1) is 14.7. The smallest absolute Gasteiger partial charge is 0.857 e. The number of benzene rings is 2. The van der Waals surface area contributed by atoms with Gasteiger partial charge in [0.15, 0.2) is 0 Å². The summed E-state index contributed by atoms with van der Waals surface area (Å²) in [5.74, 6) is -0.878. The maximum absolute atomic E-state index is 10.8. The van der Waals surface area contributed by atoms with Crippen LogP contribution >= 0.6 is 0 Å². The van der Waals surface area contributed by atoms with Crippen LogP contribution in [0.1, 0.15) is 61.7 Å². The molecule has 0 atom stereocenters. The van der Waals surface area contributed by atoms with Gasteiger partial charge in [-0.05, 0) is 42.5 Å². The molecule has 4 nitrogen and oxygen atoms in total. The van der Waals surface area contributed by atoms with E-state index in [1.165, 1.54) is 51.4 Å². The van der Waals surface area contributed by atoms with E-state index in [1.54, 1.807) is 34.4 Å². The topological polar surface area (TPSA) is 83.4 Å². The third-order valence-electron chi connectivity index (χ3n) is 5.78. The molecule has 0 bridgehead atoms. The van der Waals surface area contributed by atoms with Crippen LogP contribution in [0.2, 0.25) is 0 Å². The van der Waals surface area contributed by atoms with Crippen LogP contribution in [-0.2, 0) is 21.7 Å². The van der Waals surface area contributed by atoms with Gasteiger partial charge in [0.1, 0.15) is 0 Å². The molecular weight excluding hydrogens is 424 g/mol. The van der Waals surface area contributed by atoms with Gasteiger partial charge in [0.2, 0.25) is 0 Å². The molecule has 0 spiro atoms. The molecule has 0 saturated carbocycles. The number of carboxylic acids is 1. The van der Waals surface area contributed by atoms with Gasteiger partial charge in [-0.25, -0.2) is 16.8 Å². The van der Waals surface area contributed by atoms with Gasteiger partial charge in [0.05, 0.1) is 5.56 Å². The van der Waals surface area contributed by atoms with Crippen LogP contribution < -0.4 is 10.2 Å². The third kappa shape index (κ3) is 6.82. The van der Waals surface area contributed by atoms with E-state index in [9.17, 15) is 4.79 Å². The molecule has 0 heterocycles. The first-order valence-electron chi connectivity index (χ1n) is 10.5. The summed E-state index contributed by atoms with van der Waals surface area (Å²) in [7, 11) is 1.50. The van der Waals surface area contributed by atoms with Crippen LogP contribution in [0, 0.1) is 6.42 Å². The van der Waals surface area contributed by atoms with E-state index in [-0.39, 0.29) is 21.7 Å². The van der Waals surface area contributed by atoms with E-state index in [1.807, 2.05) is 30.3 Å². The van der Waals surface area contributed by atoms with Crippen LogP contribution in [0.3, 0.4) is 0 Å². The van der Waals surface area contributed by atoms with Gasteiger partial charge >= 0.3 is 27.7 Å². The van der Waals surface area contributed by atoms with Crippen LogP contribution in [-0.4, -0.2) is 25.3 Å². The average Bonchev–Trinajstić information content (AvgIpc) is 3.20. The van der Waals surface area contributed by atoms with Gasteiger partial charge in [0.25, 0.3) is 0 Å². The van der Waals surface area contributed by atoms with E-state index < -0.39 is 5.97 Å². The Morgan fingerprint density at radius 3 is 2.26 bits per heavy atom. The largest absolute Gasteiger partial charge is 3.00 e. The van der Waals surface area contributed by atoms with Crippen molar-refractivity contribution in [2.75, 3.05) is 14.2 Å². The Bertz CT molecular complexity index is 879. The molecule has 5 heteroatoms. The van der Waals surface area contributed by atoms with Gasteiger partial charge in [-0.15, -0.1) is 12.0 Å². The Labute approximate surface area is 200 Å². The fourth-order valence-corrected chi connectivity index (χ4v) is 4.53. The molecule has 0 saturated heterocycles. The van der Waals surface area contributed by atoms with Gasteiger partial charge in [-0.1, -0.05) is 61.2 Å². The number of allylic oxidation sites excluding steroid dienone is 4. The van der Waals surface area contributed by atoms with E-state index in [0.29, 0.717) is 5.56 Å². The third-order valence-corrected chi connectivity index (χ3v) is 5.78. The van der Waals surface area contributed by atoms with Crippen LogP contribution in [0.15, 0.2) is 64.8 Å². The molecule has 163 valence electrons. The van der Waals surface area contributed by atoms with E-state index >= 15 is 0 Å². The summed E-state index contributed by atoms with van der Waals surface area (Å²) in [6, 6.07) is 12.7. The minimum absolute atomic E-state index is 0. The fourth-order valence-electron chi connectivity index (χ4n) is 4.53. The molecule has 0 unspecified atom stereocenters. The quantitative estimate of drug-likeness (QED) is 0.509. The summed E-state index contributed by atoms with van der Waals surface area (Å²) in [5.41, 5.74) is 7.42. The second kappa shape index (κ2) is 14.3. The molecule has 3 aliphatic rings. The monoisotopic (exact) mass is 455 g/mol. The maximum atomic E-state index is 10.8. The second-order valence-corrected chi connectivity index (χ2v) is 7.40. The van der Waals surface area contributed by atoms with Crippen molar-refractivity contribution in [1.29, 1.82) is 0 Å². The number of rotatable bonds is 1. The van der Waals surface area contributed by atoms with E-state index in [4.69, 9.17) is 15.3 Å². The Balaban J connectivity index is 0.000000260. The Morgan fingerprint density at radius 2 is 1.52 bits per heavy atom. The first-order valence-corrected chi connectivity index (χ1v) is 10.5. The van der Waals surface area contributed by atoms with E-state index in [2.05, 4.69) is 6.42 Å². The van der Waals surface area contributed by atoms with Crippen molar-refractivity contribution in [3.8, 4) is 0 Å². The zero-order valence-electron chi connectivity index (χ0n) is 18.4. The van der Waals surface area contributed by atoms with Crippen molar-refractivity contribution < 1.29 is 41.8 Å². The van der Waals surface area contributed by atoms with Gasteiger partial charge in [0, 0.05) is 0 Å². The fraction of sp³-hybridized carbons (Fsp3) is 0.385. The zero-order valence-corrected chi connectivity index (χ0v) is 20.0. The normalized spacial score (nSPS) is 16.0. The summed E-state index contributed by atoms with van der Waals surface area (Å²) >= 11 is 0. The molecule has 3 aliphatic carbocycles. The van der Waals surface area contributed by atoms with Crippen molar-refractivity contribution in [1.82, 2.24) is 0 Å². The SMILES string of the molecule is C[O-].C[O-].O=C(O)c1cccc2ccccc12.[CH-]1CCCC2=C1CC1=C2CCCC1.[Ti+3]. The van der Waals surface area contributed by atoms with Crippen molar-refractivity contribution in [3.63, 3.8) is 0 Å². The number of fused-ring (bicyclic) bond motifs is 2. The van der Waals surface area contributed by atoms with Crippen molar-refractivity contribution >= 4 is 16.7 Å². The van der Waals surface area contributed by atoms with Crippen LogP contribution in [0.5, 0.6) is 0 Å². The van der Waals surface area contributed by atoms with Crippen molar-refractivity contribution in [2.24, 2.45) is 0 Å². The number of hydrogen-bond acceptors (Lipinski definition) is 3. The molecule has 1 radical (unpaired) electrons. The van der Waals surface area contributed by atoms with Gasteiger partial charge in [-0.3, -0.25) is 0 Å². The Kier molecular flexibility index (Phi) is 12.5. The minimum atomic E-state index is -0.878. The summed E-state index contributed by atoms with van der Waals surface area (Å²) < 4.78 is 0. The molecule has 31 heavy (non-hydrogen) atoms. The van der Waals surface area contributed by atoms with Crippen LogP contribution in [0.4, 0.5) is 0 Å². The number of carboxylic acid groups (broad SMARTS) is 1. The molecule has 5 rings (SSSR count). The molecule has 0 fully saturated rings. The Hall–Kier alpha value is -1.85. The number of carbonyl (C=O) groups is 1. The van der Waals surface area contributed by atoms with E-state index in [0.717, 1.165) is 25.0 Å². The van der Waals surface area contributed by atoms with Crippen LogP contribution in [0.25, 0.3) is 10.8 Å². The predicted molar refractivity (Wildman–Crippen MR) is 118 cm³/mol. The molecule has 1 N–H and O–H groups in total. The summed E-state index contributed by atoms with van der Waals surface area (Å²) in [6.07, 6.45) is 13.6. The molecular formula is C26H31O4Ti. The predicted octanol–water partition coefficient (Wildman–Crippen LogP) is 4.43. The molecule has 0 amide bonds. The van der Waals surface area contributed by atoms with Gasteiger partial charge < -0.3 is 15.3 Å². The first kappa shape index (κ1) is 27.2. The molecule has 0 aliphatic heterocycles. The average molecular weight is 455 g/mol. The maximum Gasteiger partial charge on any atom is 3.00 e. The van der Waals surface area contributed by atoms with Crippen molar-refractivity contribution in [2.45, 2.75) is 51.4 Å². The molecule has 0 aromatic heterocycles. The second-order valence-electron chi connectivity index (χ2n) is 7.40. The molecule has 2 aromatic carbocycles. The Morgan fingerprint density at radius 1 is 0.871 bits per heavy atom. The summed E-state index contributed by atoms with van der Waals surface area (Å²) in [4.78, 5) is 10.8. The minimum Gasteiger partial charge on any atom is -0.857 e. The summed E-state index contributed by atoms with van der Waals surface area (Å²) in [6.45, 7) is 0. The van der Waals surface area contributed by atoms with Crippen molar-refractivity contribution in [3.05, 3.63) is 76.7 Å². The number of hydrogen-bond donors (Lipinski definition) is 1.